The number of carbonyl (C=O) groups excluding carboxylic acids is 2. The van der Waals surface area contributed by atoms with Crippen molar-refractivity contribution in [2.75, 3.05) is 6.61 Å². The van der Waals surface area contributed by atoms with Crippen molar-refractivity contribution in [1.29, 1.82) is 0 Å². The van der Waals surface area contributed by atoms with Gasteiger partial charge in [0.1, 0.15) is 6.10 Å². The fourth-order valence-corrected chi connectivity index (χ4v) is 5.18. The van der Waals surface area contributed by atoms with E-state index in [9.17, 15) is 9.59 Å². The first kappa shape index (κ1) is 26.2. The lowest BCUT2D eigenvalue weighted by Gasteiger charge is -2.30. The summed E-state index contributed by atoms with van der Waals surface area (Å²) in [5.74, 6) is -0.904. The van der Waals surface area contributed by atoms with Crippen LogP contribution in [0.5, 0.6) is 0 Å². The van der Waals surface area contributed by atoms with Crippen molar-refractivity contribution in [2.45, 2.75) is 141 Å². The van der Waals surface area contributed by atoms with E-state index in [0.29, 0.717) is 6.61 Å². The number of esters is 2. The van der Waals surface area contributed by atoms with Crippen LogP contribution in [-0.2, 0) is 19.1 Å². The molecule has 2 aliphatic rings. The molecule has 0 amide bonds. The molecule has 0 aromatic carbocycles. The quantitative estimate of drug-likeness (QED) is 0.197. The molecular formula is C27H48O4. The van der Waals surface area contributed by atoms with E-state index in [1.807, 2.05) is 0 Å². The van der Waals surface area contributed by atoms with Gasteiger partial charge in [-0.3, -0.25) is 9.59 Å². The molecule has 0 aromatic rings. The first-order chi connectivity index (χ1) is 15.2. The van der Waals surface area contributed by atoms with Crippen molar-refractivity contribution in [3.8, 4) is 0 Å². The van der Waals surface area contributed by atoms with Gasteiger partial charge in [-0.25, -0.2) is 0 Å². The third-order valence-electron chi connectivity index (χ3n) is 7.20. The molecule has 2 unspecified atom stereocenters. The molecule has 4 heteroatoms. The zero-order valence-corrected chi connectivity index (χ0v) is 20.2. The minimum atomic E-state index is -0.294. The van der Waals surface area contributed by atoms with Gasteiger partial charge in [0.05, 0.1) is 18.4 Å². The van der Waals surface area contributed by atoms with Gasteiger partial charge in [-0.2, -0.15) is 0 Å². The van der Waals surface area contributed by atoms with Crippen LogP contribution in [0.4, 0.5) is 0 Å². The van der Waals surface area contributed by atoms with Crippen LogP contribution in [-0.4, -0.2) is 24.6 Å². The molecule has 2 aliphatic carbocycles. The van der Waals surface area contributed by atoms with Crippen LogP contribution in [0.15, 0.2) is 0 Å². The van der Waals surface area contributed by atoms with E-state index in [1.165, 1.54) is 64.2 Å². The van der Waals surface area contributed by atoms with Gasteiger partial charge in [-0.15, -0.1) is 0 Å². The Kier molecular flexibility index (Phi) is 14.0. The number of unbranched alkanes of at least 4 members (excludes halogenated alkanes) is 10. The van der Waals surface area contributed by atoms with E-state index in [1.54, 1.807) is 0 Å². The lowest BCUT2D eigenvalue weighted by Crippen LogP contribution is -2.37. The summed E-state index contributed by atoms with van der Waals surface area (Å²) in [6, 6.07) is 0. The summed E-state index contributed by atoms with van der Waals surface area (Å²) < 4.78 is 11.4. The van der Waals surface area contributed by atoms with Crippen molar-refractivity contribution in [2.24, 2.45) is 11.8 Å². The smallest absolute Gasteiger partial charge is 0.310 e. The van der Waals surface area contributed by atoms with Crippen LogP contribution in [0.1, 0.15) is 135 Å². The van der Waals surface area contributed by atoms with E-state index in [2.05, 4.69) is 6.92 Å². The van der Waals surface area contributed by atoms with Crippen molar-refractivity contribution in [3.05, 3.63) is 0 Å². The van der Waals surface area contributed by atoms with E-state index >= 15 is 0 Å². The van der Waals surface area contributed by atoms with Gasteiger partial charge in [0.2, 0.25) is 0 Å². The van der Waals surface area contributed by atoms with Crippen molar-refractivity contribution in [1.82, 2.24) is 0 Å². The molecule has 31 heavy (non-hydrogen) atoms. The monoisotopic (exact) mass is 436 g/mol. The van der Waals surface area contributed by atoms with Crippen LogP contribution in [0.3, 0.4) is 0 Å². The highest BCUT2D eigenvalue weighted by atomic mass is 16.5. The third-order valence-corrected chi connectivity index (χ3v) is 7.20. The number of ether oxygens (including phenoxy) is 2. The van der Waals surface area contributed by atoms with Crippen LogP contribution >= 0.6 is 0 Å². The molecule has 0 N–H and O–H groups in total. The molecule has 0 radical (unpaired) electrons. The minimum absolute atomic E-state index is 0.0659. The average molecular weight is 437 g/mol. The zero-order chi connectivity index (χ0) is 22.2. The van der Waals surface area contributed by atoms with Crippen LogP contribution in [0.2, 0.25) is 0 Å². The van der Waals surface area contributed by atoms with Gasteiger partial charge in [0.25, 0.3) is 0 Å². The fraction of sp³-hybridized carbons (Fsp3) is 0.926. The second-order valence-corrected chi connectivity index (χ2v) is 9.90. The average Bonchev–Trinajstić information content (AvgIpc) is 2.80. The highest BCUT2D eigenvalue weighted by Crippen LogP contribution is 2.33. The molecule has 0 bridgehead atoms. The van der Waals surface area contributed by atoms with Crippen molar-refractivity contribution >= 4 is 11.9 Å². The van der Waals surface area contributed by atoms with E-state index in [-0.39, 0.29) is 29.9 Å². The number of hydrogen-bond donors (Lipinski definition) is 0. The Morgan fingerprint density at radius 2 is 1.10 bits per heavy atom. The SMILES string of the molecule is CCCCCCCCCCCCCOC(=O)C1CCCCC1C(=O)OC1CCCCC1. The van der Waals surface area contributed by atoms with Crippen molar-refractivity contribution in [3.63, 3.8) is 0 Å². The van der Waals surface area contributed by atoms with Gasteiger partial charge in [0.15, 0.2) is 0 Å². The van der Waals surface area contributed by atoms with Gasteiger partial charge >= 0.3 is 11.9 Å². The Labute approximate surface area is 191 Å². The molecule has 0 aromatic heterocycles. The largest absolute Gasteiger partial charge is 0.465 e. The maximum Gasteiger partial charge on any atom is 0.310 e. The van der Waals surface area contributed by atoms with Gasteiger partial charge in [0, 0.05) is 0 Å². The molecule has 2 atom stereocenters. The molecule has 0 spiro atoms. The van der Waals surface area contributed by atoms with Gasteiger partial charge < -0.3 is 9.47 Å². The zero-order valence-electron chi connectivity index (χ0n) is 20.2. The lowest BCUT2D eigenvalue weighted by atomic mass is 9.79. The molecule has 2 rings (SSSR count). The Hall–Kier alpha value is -1.06. The molecule has 2 fully saturated rings. The summed E-state index contributed by atoms with van der Waals surface area (Å²) >= 11 is 0. The summed E-state index contributed by atoms with van der Waals surface area (Å²) in [5, 5.41) is 0. The van der Waals surface area contributed by atoms with Crippen LogP contribution in [0, 0.1) is 11.8 Å². The number of carbonyl (C=O) groups is 2. The maximum absolute atomic E-state index is 12.7. The van der Waals surface area contributed by atoms with E-state index in [0.717, 1.165) is 64.2 Å². The summed E-state index contributed by atoms with van der Waals surface area (Å²) in [6.45, 7) is 2.76. The molecule has 0 aliphatic heterocycles. The summed E-state index contributed by atoms with van der Waals surface area (Å²) in [4.78, 5) is 25.4. The molecule has 2 saturated carbocycles. The fourth-order valence-electron chi connectivity index (χ4n) is 5.18. The Morgan fingerprint density at radius 3 is 1.68 bits per heavy atom. The predicted octanol–water partition coefficient (Wildman–Crippen LogP) is 7.52. The first-order valence-corrected chi connectivity index (χ1v) is 13.6. The second kappa shape index (κ2) is 16.6. The topological polar surface area (TPSA) is 52.6 Å². The summed E-state index contributed by atoms with van der Waals surface area (Å²) in [6.07, 6.45) is 23.2. The normalized spacial score (nSPS) is 22.2. The number of rotatable bonds is 15. The molecular weight excluding hydrogens is 388 g/mol. The molecule has 0 heterocycles. The van der Waals surface area contributed by atoms with Gasteiger partial charge in [-0.1, -0.05) is 90.4 Å². The highest BCUT2D eigenvalue weighted by Gasteiger charge is 2.38. The Balaban J connectivity index is 1.54. The molecule has 4 nitrogen and oxygen atoms in total. The maximum atomic E-state index is 12.7. The van der Waals surface area contributed by atoms with Crippen LogP contribution in [0.25, 0.3) is 0 Å². The highest BCUT2D eigenvalue weighted by molar-refractivity contribution is 5.82. The van der Waals surface area contributed by atoms with Crippen molar-refractivity contribution < 1.29 is 19.1 Å². The standard InChI is InChI=1S/C27H48O4/c1-2-3-4-5-6-7-8-9-10-11-17-22-30-26(28)24-20-15-16-21-25(24)27(29)31-23-18-13-12-14-19-23/h23-25H,2-22H2,1H3. The van der Waals surface area contributed by atoms with E-state index in [4.69, 9.17) is 9.47 Å². The summed E-state index contributed by atoms with van der Waals surface area (Å²) in [5.41, 5.74) is 0. The minimum Gasteiger partial charge on any atom is -0.465 e. The Bertz CT molecular complexity index is 484. The predicted molar refractivity (Wildman–Crippen MR) is 126 cm³/mol. The lowest BCUT2D eigenvalue weighted by molar-refractivity contribution is -0.167. The molecule has 0 saturated heterocycles. The first-order valence-electron chi connectivity index (χ1n) is 13.6. The van der Waals surface area contributed by atoms with Crippen LogP contribution < -0.4 is 0 Å². The van der Waals surface area contributed by atoms with Gasteiger partial charge in [-0.05, 0) is 44.9 Å². The summed E-state index contributed by atoms with van der Waals surface area (Å²) in [7, 11) is 0. The van der Waals surface area contributed by atoms with E-state index < -0.39 is 0 Å². The Morgan fingerprint density at radius 1 is 0.613 bits per heavy atom. The number of hydrogen-bond acceptors (Lipinski definition) is 4. The molecule has 180 valence electrons. The third kappa shape index (κ3) is 10.9. The second-order valence-electron chi connectivity index (χ2n) is 9.90.